The van der Waals surface area contributed by atoms with E-state index in [2.05, 4.69) is 20.7 Å². The summed E-state index contributed by atoms with van der Waals surface area (Å²) in [5, 5.41) is 6.71. The van der Waals surface area contributed by atoms with Crippen LogP contribution < -0.4 is 15.5 Å². The van der Waals surface area contributed by atoms with Crippen LogP contribution in [0.15, 0.2) is 29.4 Å². The predicted molar refractivity (Wildman–Crippen MR) is 111 cm³/mol. The molecule has 1 aromatic carbocycles. The number of urea groups is 1. The molecule has 0 atom stereocenters. The third-order valence-electron chi connectivity index (χ3n) is 5.75. The molecule has 29 heavy (non-hydrogen) atoms. The molecule has 0 aliphatic carbocycles. The number of carbonyl (C=O) groups excluding carboxylic acids is 2. The number of ether oxygens (including phenoxy) is 1. The molecule has 2 aliphatic heterocycles. The van der Waals surface area contributed by atoms with Crippen molar-refractivity contribution in [2.75, 3.05) is 47.4 Å². The number of piperidine rings is 1. The number of nitrogens with zero attached hydrogens (tertiary/aromatic N) is 4. The Morgan fingerprint density at radius 2 is 2.07 bits per heavy atom. The van der Waals surface area contributed by atoms with E-state index >= 15 is 0 Å². The molecule has 0 unspecified atom stereocenters. The minimum absolute atomic E-state index is 0.0134. The highest BCUT2D eigenvalue weighted by atomic mass is 16.5. The van der Waals surface area contributed by atoms with Gasteiger partial charge in [-0.2, -0.15) is 5.10 Å². The van der Waals surface area contributed by atoms with Gasteiger partial charge in [0.05, 0.1) is 25.7 Å². The molecule has 0 bridgehead atoms. The number of hydrogen-bond donors (Lipinski definition) is 2. The van der Waals surface area contributed by atoms with E-state index < -0.39 is 0 Å². The van der Waals surface area contributed by atoms with E-state index in [-0.39, 0.29) is 17.5 Å². The first-order valence-electron chi connectivity index (χ1n) is 9.85. The maximum Gasteiger partial charge on any atom is 0.326 e. The van der Waals surface area contributed by atoms with Gasteiger partial charge in [-0.05, 0) is 30.5 Å². The van der Waals surface area contributed by atoms with Gasteiger partial charge in [-0.15, -0.1) is 0 Å². The number of hydrogen-bond acceptors (Lipinski definition) is 6. The molecule has 3 amide bonds. The van der Waals surface area contributed by atoms with Crippen LogP contribution in [0.1, 0.15) is 18.4 Å². The average molecular weight is 402 g/mol. The number of likely N-dealkylation sites (tertiary alicyclic amines) is 1. The number of nitrogens with one attached hydrogen (secondary N) is 2. The molecule has 2 aliphatic rings. The Labute approximate surface area is 171 Å². The SMILES string of the molecule is CN/N=C\N1CC2(CCN(CC(=O)NC)CC2)N(Cc2cccc(OC)c2)C1=O. The van der Waals surface area contributed by atoms with Crippen molar-refractivity contribution < 1.29 is 14.3 Å². The molecule has 1 aromatic rings. The van der Waals surface area contributed by atoms with Crippen molar-refractivity contribution in [1.29, 1.82) is 0 Å². The molecule has 9 nitrogen and oxygen atoms in total. The Morgan fingerprint density at radius 3 is 2.72 bits per heavy atom. The number of hydrazone groups is 1. The van der Waals surface area contributed by atoms with Gasteiger partial charge in [-0.3, -0.25) is 14.6 Å². The van der Waals surface area contributed by atoms with Gasteiger partial charge in [0.15, 0.2) is 0 Å². The van der Waals surface area contributed by atoms with E-state index in [4.69, 9.17) is 4.74 Å². The van der Waals surface area contributed by atoms with Crippen LogP contribution in [0.25, 0.3) is 0 Å². The fourth-order valence-corrected chi connectivity index (χ4v) is 4.07. The van der Waals surface area contributed by atoms with Crippen LogP contribution in [-0.4, -0.2) is 85.9 Å². The Hall–Kier alpha value is -2.81. The monoisotopic (exact) mass is 402 g/mol. The van der Waals surface area contributed by atoms with Crippen molar-refractivity contribution in [2.24, 2.45) is 5.10 Å². The molecule has 9 heteroatoms. The number of amides is 3. The van der Waals surface area contributed by atoms with Crippen molar-refractivity contribution in [3.8, 4) is 5.75 Å². The molecule has 0 aromatic heterocycles. The van der Waals surface area contributed by atoms with E-state index in [1.165, 1.54) is 0 Å². The van der Waals surface area contributed by atoms with E-state index in [9.17, 15) is 9.59 Å². The summed E-state index contributed by atoms with van der Waals surface area (Å²) in [6.45, 7) is 3.03. The summed E-state index contributed by atoms with van der Waals surface area (Å²) in [5.74, 6) is 0.789. The second-order valence-electron chi connectivity index (χ2n) is 7.49. The summed E-state index contributed by atoms with van der Waals surface area (Å²) in [4.78, 5) is 30.7. The van der Waals surface area contributed by atoms with Crippen molar-refractivity contribution in [2.45, 2.75) is 24.9 Å². The van der Waals surface area contributed by atoms with E-state index in [1.54, 1.807) is 32.4 Å². The lowest BCUT2D eigenvalue weighted by molar-refractivity contribution is -0.122. The van der Waals surface area contributed by atoms with Crippen LogP contribution >= 0.6 is 0 Å². The molecule has 3 rings (SSSR count). The van der Waals surface area contributed by atoms with Crippen LogP contribution in [0.2, 0.25) is 0 Å². The highest BCUT2D eigenvalue weighted by molar-refractivity contribution is 5.89. The molecule has 0 radical (unpaired) electrons. The summed E-state index contributed by atoms with van der Waals surface area (Å²) >= 11 is 0. The second kappa shape index (κ2) is 9.13. The zero-order chi connectivity index (χ0) is 20.9. The summed E-state index contributed by atoms with van der Waals surface area (Å²) in [7, 11) is 5.00. The number of methoxy groups -OCH3 is 1. The van der Waals surface area contributed by atoms with E-state index in [1.807, 2.05) is 29.2 Å². The first kappa shape index (κ1) is 20.9. The van der Waals surface area contributed by atoms with Gasteiger partial charge >= 0.3 is 6.03 Å². The van der Waals surface area contributed by atoms with Crippen LogP contribution in [0.5, 0.6) is 5.75 Å². The van der Waals surface area contributed by atoms with Crippen LogP contribution in [0.3, 0.4) is 0 Å². The maximum absolute atomic E-state index is 13.2. The van der Waals surface area contributed by atoms with Gasteiger partial charge in [0, 0.05) is 33.7 Å². The summed E-state index contributed by atoms with van der Waals surface area (Å²) in [6, 6.07) is 7.76. The lowest BCUT2D eigenvalue weighted by Crippen LogP contribution is -2.55. The maximum atomic E-state index is 13.2. The van der Waals surface area contributed by atoms with Gasteiger partial charge in [0.2, 0.25) is 5.91 Å². The van der Waals surface area contributed by atoms with Gasteiger partial charge in [0.1, 0.15) is 12.1 Å². The third kappa shape index (κ3) is 4.61. The molecule has 2 heterocycles. The number of benzene rings is 1. The topological polar surface area (TPSA) is 89.5 Å². The van der Waals surface area contributed by atoms with Crippen molar-refractivity contribution in [3.05, 3.63) is 29.8 Å². The quantitative estimate of drug-likeness (QED) is 0.398. The van der Waals surface area contributed by atoms with Gasteiger partial charge in [0.25, 0.3) is 0 Å². The summed E-state index contributed by atoms with van der Waals surface area (Å²) < 4.78 is 5.33. The molecule has 2 fully saturated rings. The number of rotatable bonds is 7. The lowest BCUT2D eigenvalue weighted by Gasteiger charge is -2.43. The molecular weight excluding hydrogens is 372 g/mol. The van der Waals surface area contributed by atoms with E-state index in [0.29, 0.717) is 19.6 Å². The first-order valence-corrected chi connectivity index (χ1v) is 9.85. The smallest absolute Gasteiger partial charge is 0.326 e. The zero-order valence-corrected chi connectivity index (χ0v) is 17.4. The minimum atomic E-state index is -0.279. The van der Waals surface area contributed by atoms with Crippen molar-refractivity contribution in [1.82, 2.24) is 25.4 Å². The largest absolute Gasteiger partial charge is 0.497 e. The fraction of sp³-hybridized carbons (Fsp3) is 0.550. The molecule has 2 N–H and O–H groups in total. The molecule has 0 saturated carbocycles. The fourth-order valence-electron chi connectivity index (χ4n) is 4.07. The summed E-state index contributed by atoms with van der Waals surface area (Å²) in [6.07, 6.45) is 3.18. The van der Waals surface area contributed by atoms with Crippen LogP contribution in [0.4, 0.5) is 4.79 Å². The molecule has 2 saturated heterocycles. The zero-order valence-electron chi connectivity index (χ0n) is 17.4. The highest BCUT2D eigenvalue weighted by Gasteiger charge is 2.50. The average Bonchev–Trinajstić information content (AvgIpc) is 2.99. The van der Waals surface area contributed by atoms with Crippen molar-refractivity contribution in [3.63, 3.8) is 0 Å². The Bertz CT molecular complexity index is 760. The predicted octanol–water partition coefficient (Wildman–Crippen LogP) is 0.676. The highest BCUT2D eigenvalue weighted by Crippen LogP contribution is 2.37. The first-order chi connectivity index (χ1) is 14.0. The standard InChI is InChI=1S/C20H30N6O3/c1-21-18(27)13-24-9-7-20(8-10-24)14-25(15-23-22-2)19(28)26(20)12-16-5-4-6-17(11-16)29-3/h4-6,11,15,22H,7-10,12-14H2,1-3H3,(H,21,27)/b23-15-. The third-order valence-corrected chi connectivity index (χ3v) is 5.75. The van der Waals surface area contributed by atoms with Crippen LogP contribution in [0, 0.1) is 0 Å². The van der Waals surface area contributed by atoms with Crippen LogP contribution in [-0.2, 0) is 11.3 Å². The van der Waals surface area contributed by atoms with Crippen molar-refractivity contribution >= 4 is 18.3 Å². The molecular formula is C20H30N6O3. The number of carbonyl (C=O) groups is 2. The Morgan fingerprint density at radius 1 is 1.31 bits per heavy atom. The Balaban J connectivity index is 1.79. The second-order valence-corrected chi connectivity index (χ2v) is 7.49. The molecule has 158 valence electrons. The van der Waals surface area contributed by atoms with Gasteiger partial charge < -0.3 is 20.4 Å². The normalized spacial score (nSPS) is 19.2. The summed E-state index contributed by atoms with van der Waals surface area (Å²) in [5.41, 5.74) is 3.46. The lowest BCUT2D eigenvalue weighted by atomic mass is 9.86. The van der Waals surface area contributed by atoms with Gasteiger partial charge in [-0.1, -0.05) is 12.1 Å². The Kier molecular flexibility index (Phi) is 6.58. The molecule has 1 spiro atoms. The van der Waals surface area contributed by atoms with Gasteiger partial charge in [-0.25, -0.2) is 4.79 Å². The van der Waals surface area contributed by atoms with E-state index in [0.717, 1.165) is 37.2 Å². The minimum Gasteiger partial charge on any atom is -0.497 e. The number of likely N-dealkylation sites (N-methyl/N-ethyl adjacent to an activating group) is 1.